The first kappa shape index (κ1) is 23.9. The highest BCUT2D eigenvalue weighted by atomic mass is 19.4. The van der Waals surface area contributed by atoms with Crippen LogP contribution in [0.5, 0.6) is 0 Å². The maximum Gasteiger partial charge on any atom is 0.425 e. The molecule has 0 fully saturated rings. The van der Waals surface area contributed by atoms with Gasteiger partial charge in [-0.3, -0.25) is 0 Å². The Morgan fingerprint density at radius 2 is 1.61 bits per heavy atom. The first-order chi connectivity index (χ1) is 15.8. The number of hydrogen-bond acceptors (Lipinski definition) is 4. The average molecular weight is 454 g/mol. The first-order valence-electron chi connectivity index (χ1n) is 10.4. The van der Waals surface area contributed by atoms with Crippen molar-refractivity contribution in [3.8, 4) is 0 Å². The van der Waals surface area contributed by atoms with Gasteiger partial charge in [-0.15, -0.1) is 0 Å². The van der Waals surface area contributed by atoms with E-state index in [4.69, 9.17) is 0 Å². The number of nitrogens with one attached hydrogen (secondary N) is 1. The fraction of sp³-hybridized carbons (Fsp3) is 0.192. The highest BCUT2D eigenvalue weighted by molar-refractivity contribution is 6.12. The van der Waals surface area contributed by atoms with E-state index in [1.54, 1.807) is 30.3 Å². The van der Waals surface area contributed by atoms with Crippen LogP contribution in [0.1, 0.15) is 28.7 Å². The average Bonchev–Trinajstić information content (AvgIpc) is 2.80. The molecule has 0 amide bonds. The first-order valence-corrected chi connectivity index (χ1v) is 10.4. The Morgan fingerprint density at radius 1 is 0.909 bits per heavy atom. The molecule has 3 rings (SSSR count). The molecule has 0 aliphatic rings. The lowest BCUT2D eigenvalue weighted by Gasteiger charge is -2.12. The molecule has 4 nitrogen and oxygen atoms in total. The van der Waals surface area contributed by atoms with Crippen LogP contribution >= 0.6 is 0 Å². The van der Waals surface area contributed by atoms with Crippen LogP contribution in [0.25, 0.3) is 0 Å². The number of allylic oxidation sites excluding steroid dienone is 1. The number of anilines is 1. The molecule has 33 heavy (non-hydrogen) atoms. The van der Waals surface area contributed by atoms with Gasteiger partial charge < -0.3 is 15.3 Å². The minimum Gasteiger partial charge on any atom is -0.513 e. The monoisotopic (exact) mass is 454 g/mol. The number of halogens is 3. The molecule has 0 heterocycles. The van der Waals surface area contributed by atoms with Gasteiger partial charge in [0.25, 0.3) is 0 Å². The van der Waals surface area contributed by atoms with Gasteiger partial charge in [-0.2, -0.15) is 13.2 Å². The van der Waals surface area contributed by atoms with Gasteiger partial charge >= 0.3 is 6.18 Å². The number of aryl methyl sites for hydroxylation is 1. The van der Waals surface area contributed by atoms with Crippen molar-refractivity contribution in [1.29, 1.82) is 0 Å². The number of hydrogen-bond donors (Lipinski definition) is 2. The van der Waals surface area contributed by atoms with Gasteiger partial charge in [-0.1, -0.05) is 72.4 Å². The summed E-state index contributed by atoms with van der Waals surface area (Å²) in [5, 5.41) is 16.4. The molecule has 0 aliphatic heterocycles. The van der Waals surface area contributed by atoms with Crippen LogP contribution in [0, 0.1) is 0 Å². The Labute approximate surface area is 191 Å². The second-order valence-corrected chi connectivity index (χ2v) is 7.51. The van der Waals surface area contributed by atoms with E-state index in [0.29, 0.717) is 29.8 Å². The van der Waals surface area contributed by atoms with Gasteiger partial charge in [-0.25, -0.2) is 0 Å². The smallest absolute Gasteiger partial charge is 0.425 e. The quantitative estimate of drug-likeness (QED) is 0.205. The van der Waals surface area contributed by atoms with Crippen LogP contribution in [0.2, 0.25) is 0 Å². The second kappa shape index (κ2) is 11.2. The van der Waals surface area contributed by atoms with Gasteiger partial charge in [0.15, 0.2) is 0 Å². The molecule has 0 saturated carbocycles. The third kappa shape index (κ3) is 8.03. The molecule has 3 aromatic rings. The number of aliphatic hydroxyl groups is 1. The molecule has 0 saturated heterocycles. The Bertz CT molecular complexity index is 1080. The van der Waals surface area contributed by atoms with Crippen molar-refractivity contribution in [3.63, 3.8) is 0 Å². The normalized spacial score (nSPS) is 11.8. The van der Waals surface area contributed by atoms with Crippen LogP contribution < -0.4 is 5.32 Å². The van der Waals surface area contributed by atoms with Gasteiger partial charge in [0.1, 0.15) is 5.71 Å². The molecule has 0 unspecified atom stereocenters. The lowest BCUT2D eigenvalue weighted by Crippen LogP contribution is -2.16. The molecule has 0 aromatic heterocycles. The highest BCUT2D eigenvalue weighted by Crippen LogP contribution is 2.18. The largest absolute Gasteiger partial charge is 0.513 e. The topological polar surface area (TPSA) is 53.8 Å². The molecule has 0 aliphatic carbocycles. The summed E-state index contributed by atoms with van der Waals surface area (Å²) in [7, 11) is 0. The van der Waals surface area contributed by atoms with Gasteiger partial charge in [0.05, 0.1) is 5.76 Å². The zero-order valence-corrected chi connectivity index (χ0v) is 18.0. The molecule has 3 aromatic carbocycles. The van der Waals surface area contributed by atoms with Crippen LogP contribution in [0.15, 0.2) is 96.4 Å². The zero-order valence-electron chi connectivity index (χ0n) is 18.0. The summed E-state index contributed by atoms with van der Waals surface area (Å²) in [5.41, 5.74) is 4.61. The SMILES string of the molecule is C=C(O)CCc1ccc(NCc2cccc(/C(=N\OCC(F)(F)F)c3ccccc3)c2)cc1. The fourth-order valence-corrected chi connectivity index (χ4v) is 3.15. The molecule has 0 radical (unpaired) electrons. The maximum absolute atomic E-state index is 12.5. The fourth-order valence-electron chi connectivity index (χ4n) is 3.15. The van der Waals surface area contributed by atoms with E-state index in [1.165, 1.54) is 0 Å². The summed E-state index contributed by atoms with van der Waals surface area (Å²) in [5.74, 6) is 0.166. The van der Waals surface area contributed by atoms with Crippen LogP contribution in [0.4, 0.5) is 18.9 Å². The van der Waals surface area contributed by atoms with Gasteiger partial charge in [0.2, 0.25) is 6.61 Å². The molecule has 0 bridgehead atoms. The van der Waals surface area contributed by atoms with E-state index in [2.05, 4.69) is 21.9 Å². The standard InChI is InChI=1S/C26H25F3N2O2/c1-19(32)10-11-20-12-14-24(15-13-20)30-17-21-6-5-9-23(16-21)25(22-7-3-2-4-8-22)31-33-18-26(27,28)29/h2-9,12-16,30,32H,1,10-11,17-18H2/b31-25-. The minimum atomic E-state index is -4.46. The summed E-state index contributed by atoms with van der Waals surface area (Å²) in [6, 6.07) is 24.3. The number of oxime groups is 1. The Morgan fingerprint density at radius 3 is 2.27 bits per heavy atom. The lowest BCUT2D eigenvalue weighted by molar-refractivity contribution is -0.173. The van der Waals surface area contributed by atoms with E-state index < -0.39 is 12.8 Å². The van der Waals surface area contributed by atoms with Crippen LogP contribution in [-0.4, -0.2) is 23.6 Å². The van der Waals surface area contributed by atoms with Crippen molar-refractivity contribution in [3.05, 3.63) is 113 Å². The minimum absolute atomic E-state index is 0.166. The molecule has 2 N–H and O–H groups in total. The summed E-state index contributed by atoms with van der Waals surface area (Å²) in [4.78, 5) is 4.61. The number of nitrogens with zero attached hydrogens (tertiary/aromatic N) is 1. The number of rotatable bonds is 10. The number of alkyl halides is 3. The summed E-state index contributed by atoms with van der Waals surface area (Å²) < 4.78 is 37.6. The molecular weight excluding hydrogens is 429 g/mol. The second-order valence-electron chi connectivity index (χ2n) is 7.51. The molecule has 0 spiro atoms. The summed E-state index contributed by atoms with van der Waals surface area (Å²) >= 11 is 0. The number of aliphatic hydroxyl groups excluding tert-OH is 1. The van der Waals surface area contributed by atoms with E-state index in [9.17, 15) is 18.3 Å². The van der Waals surface area contributed by atoms with E-state index in [0.717, 1.165) is 23.2 Å². The summed E-state index contributed by atoms with van der Waals surface area (Å²) in [6.45, 7) is 2.56. The Balaban J connectivity index is 1.72. The van der Waals surface area contributed by atoms with Gasteiger partial charge in [-0.05, 0) is 35.7 Å². The third-order valence-electron chi connectivity index (χ3n) is 4.78. The van der Waals surface area contributed by atoms with Crippen molar-refractivity contribution in [2.75, 3.05) is 11.9 Å². The van der Waals surface area contributed by atoms with Crippen molar-refractivity contribution < 1.29 is 23.1 Å². The molecular formula is C26H25F3N2O2. The van der Waals surface area contributed by atoms with E-state index in [-0.39, 0.29) is 5.76 Å². The Kier molecular flexibility index (Phi) is 8.13. The van der Waals surface area contributed by atoms with Crippen molar-refractivity contribution >= 4 is 11.4 Å². The highest BCUT2D eigenvalue weighted by Gasteiger charge is 2.28. The summed E-state index contributed by atoms with van der Waals surface area (Å²) in [6.07, 6.45) is -3.22. The lowest BCUT2D eigenvalue weighted by atomic mass is 10.0. The van der Waals surface area contributed by atoms with Crippen molar-refractivity contribution in [2.24, 2.45) is 5.16 Å². The molecule has 7 heteroatoms. The van der Waals surface area contributed by atoms with Crippen molar-refractivity contribution in [1.82, 2.24) is 0 Å². The van der Waals surface area contributed by atoms with E-state index in [1.807, 2.05) is 48.5 Å². The van der Waals surface area contributed by atoms with E-state index >= 15 is 0 Å². The third-order valence-corrected chi connectivity index (χ3v) is 4.78. The number of benzene rings is 3. The molecule has 0 atom stereocenters. The predicted octanol–water partition coefficient (Wildman–Crippen LogP) is 6.63. The van der Waals surface area contributed by atoms with Crippen LogP contribution in [0.3, 0.4) is 0 Å². The van der Waals surface area contributed by atoms with Crippen molar-refractivity contribution in [2.45, 2.75) is 25.6 Å². The molecule has 172 valence electrons. The predicted molar refractivity (Wildman–Crippen MR) is 124 cm³/mol. The Hall–Kier alpha value is -3.74. The maximum atomic E-state index is 12.5. The van der Waals surface area contributed by atoms with Crippen LogP contribution in [-0.2, 0) is 17.8 Å². The zero-order chi connectivity index (χ0) is 23.7. The van der Waals surface area contributed by atoms with Gasteiger partial charge in [0, 0.05) is 29.8 Å².